The zero-order chi connectivity index (χ0) is 19.1. The summed E-state index contributed by atoms with van der Waals surface area (Å²) >= 11 is 0. The molecule has 3 aromatic rings. The number of carboxylic acid groups (broad SMARTS) is 1. The molecular formula is C20H16N2O5. The average Bonchev–Trinajstić information content (AvgIpc) is 2.70. The van der Waals surface area contributed by atoms with Crippen molar-refractivity contribution in [1.82, 2.24) is 4.98 Å². The van der Waals surface area contributed by atoms with Crippen molar-refractivity contribution in [2.75, 3.05) is 6.61 Å². The number of pyridine rings is 1. The Kier molecular flexibility index (Phi) is 5.64. The number of oxime groups is 1. The minimum atomic E-state index is -1.09. The lowest BCUT2D eigenvalue weighted by Crippen LogP contribution is -2.15. The van der Waals surface area contributed by atoms with E-state index in [1.165, 1.54) is 18.3 Å². The molecule has 27 heavy (non-hydrogen) atoms. The van der Waals surface area contributed by atoms with Gasteiger partial charge in [-0.25, -0.2) is 4.79 Å². The normalized spacial score (nSPS) is 11.0. The lowest BCUT2D eigenvalue weighted by Gasteiger charge is -2.10. The van der Waals surface area contributed by atoms with E-state index in [-0.39, 0.29) is 23.6 Å². The second-order valence-corrected chi connectivity index (χ2v) is 5.46. The van der Waals surface area contributed by atoms with Gasteiger partial charge in [-0.15, -0.1) is 0 Å². The van der Waals surface area contributed by atoms with E-state index in [1.807, 2.05) is 30.3 Å². The third-order valence-electron chi connectivity index (χ3n) is 3.58. The fourth-order valence-electron chi connectivity index (χ4n) is 2.28. The predicted molar refractivity (Wildman–Crippen MR) is 98.0 cm³/mol. The van der Waals surface area contributed by atoms with Gasteiger partial charge in [0.2, 0.25) is 0 Å². The van der Waals surface area contributed by atoms with E-state index in [1.54, 1.807) is 24.3 Å². The number of hydrogen-bond donors (Lipinski definition) is 2. The highest BCUT2D eigenvalue weighted by molar-refractivity contribution is 6.01. The van der Waals surface area contributed by atoms with Crippen LogP contribution in [0.15, 0.2) is 78.1 Å². The number of ether oxygens (including phenoxy) is 2. The Morgan fingerprint density at radius 2 is 1.70 bits per heavy atom. The van der Waals surface area contributed by atoms with Gasteiger partial charge in [0.15, 0.2) is 0 Å². The van der Waals surface area contributed by atoms with Crippen molar-refractivity contribution in [3.63, 3.8) is 0 Å². The van der Waals surface area contributed by atoms with Crippen molar-refractivity contribution in [2.45, 2.75) is 0 Å². The second kappa shape index (κ2) is 8.48. The second-order valence-electron chi connectivity index (χ2n) is 5.46. The summed E-state index contributed by atoms with van der Waals surface area (Å²) in [5, 5.41) is 21.4. The molecule has 1 aromatic heterocycles. The summed E-state index contributed by atoms with van der Waals surface area (Å²) in [4.78, 5) is 15.1. The van der Waals surface area contributed by atoms with Crippen LogP contribution in [0.25, 0.3) is 0 Å². The van der Waals surface area contributed by atoms with Crippen LogP contribution in [-0.2, 0) is 0 Å². The van der Waals surface area contributed by atoms with E-state index < -0.39 is 5.97 Å². The van der Waals surface area contributed by atoms with Crippen molar-refractivity contribution in [1.29, 1.82) is 0 Å². The molecule has 136 valence electrons. The maximum absolute atomic E-state index is 11.1. The SMILES string of the molecule is O=C(O)c1ccnc(/C(COc2cccc(Oc3ccccc3)c2)=N/O)c1. The molecule has 3 rings (SSSR count). The number of rotatable bonds is 7. The van der Waals surface area contributed by atoms with Crippen LogP contribution < -0.4 is 9.47 Å². The molecule has 2 N–H and O–H groups in total. The number of carbonyl (C=O) groups is 1. The largest absolute Gasteiger partial charge is 0.487 e. The van der Waals surface area contributed by atoms with Gasteiger partial charge in [0.25, 0.3) is 0 Å². The standard InChI is InChI=1S/C20H16N2O5/c23-20(24)14-9-10-21-18(11-14)19(22-25)13-26-16-7-4-8-17(12-16)27-15-5-2-1-3-6-15/h1-12,25H,13H2,(H,23,24)/b22-19+. The van der Waals surface area contributed by atoms with Crippen molar-refractivity contribution in [2.24, 2.45) is 5.16 Å². The summed E-state index contributed by atoms with van der Waals surface area (Å²) in [7, 11) is 0. The van der Waals surface area contributed by atoms with Gasteiger partial charge in [-0.1, -0.05) is 29.4 Å². The molecule has 0 saturated carbocycles. The summed E-state index contributed by atoms with van der Waals surface area (Å²) in [5.74, 6) is 0.690. The third kappa shape index (κ3) is 4.82. The van der Waals surface area contributed by atoms with Gasteiger partial charge in [0.1, 0.15) is 29.6 Å². The van der Waals surface area contributed by atoms with Crippen molar-refractivity contribution in [3.05, 3.63) is 84.2 Å². The van der Waals surface area contributed by atoms with Crippen molar-refractivity contribution < 1.29 is 24.6 Å². The van der Waals surface area contributed by atoms with Gasteiger partial charge in [0.05, 0.1) is 11.3 Å². The van der Waals surface area contributed by atoms with Crippen LogP contribution in [0.5, 0.6) is 17.2 Å². The molecule has 0 bridgehead atoms. The molecule has 0 unspecified atom stereocenters. The van der Waals surface area contributed by atoms with E-state index in [0.717, 1.165) is 0 Å². The first-order valence-corrected chi connectivity index (χ1v) is 8.02. The Hall–Kier alpha value is -3.87. The van der Waals surface area contributed by atoms with Gasteiger partial charge in [-0.05, 0) is 36.4 Å². The molecule has 0 spiro atoms. The van der Waals surface area contributed by atoms with Crippen molar-refractivity contribution >= 4 is 11.7 Å². The quantitative estimate of drug-likeness (QED) is 0.375. The monoisotopic (exact) mass is 364 g/mol. The van der Waals surface area contributed by atoms with Crippen molar-refractivity contribution in [3.8, 4) is 17.2 Å². The summed E-state index contributed by atoms with van der Waals surface area (Å²) in [6.07, 6.45) is 1.33. The van der Waals surface area contributed by atoms with Crippen LogP contribution in [0.4, 0.5) is 0 Å². The molecular weight excluding hydrogens is 348 g/mol. The number of hydrogen-bond acceptors (Lipinski definition) is 6. The Labute approximate surface area is 155 Å². The highest BCUT2D eigenvalue weighted by Gasteiger charge is 2.11. The van der Waals surface area contributed by atoms with E-state index in [9.17, 15) is 10.0 Å². The van der Waals surface area contributed by atoms with Gasteiger partial charge in [-0.2, -0.15) is 0 Å². The molecule has 0 saturated heterocycles. The summed E-state index contributed by atoms with van der Waals surface area (Å²) in [5.41, 5.74) is 0.362. The van der Waals surface area contributed by atoms with Crippen LogP contribution in [0.2, 0.25) is 0 Å². The number of aromatic carboxylic acids is 1. The average molecular weight is 364 g/mol. The molecule has 0 amide bonds. The first-order valence-electron chi connectivity index (χ1n) is 8.02. The molecule has 2 aromatic carbocycles. The summed E-state index contributed by atoms with van der Waals surface area (Å²) < 4.78 is 11.4. The molecule has 0 radical (unpaired) electrons. The minimum absolute atomic E-state index is 0.0411. The molecule has 0 aliphatic heterocycles. The highest BCUT2D eigenvalue weighted by atomic mass is 16.5. The Bertz CT molecular complexity index is 957. The first kappa shape index (κ1) is 17.9. The number of para-hydroxylation sites is 1. The van der Waals surface area contributed by atoms with Gasteiger partial charge >= 0.3 is 5.97 Å². The first-order chi connectivity index (χ1) is 13.2. The van der Waals surface area contributed by atoms with Gasteiger partial charge < -0.3 is 19.8 Å². The van der Waals surface area contributed by atoms with Crippen LogP contribution in [0.1, 0.15) is 16.1 Å². The van der Waals surface area contributed by atoms with E-state index >= 15 is 0 Å². The van der Waals surface area contributed by atoms with Crippen LogP contribution in [0.3, 0.4) is 0 Å². The summed E-state index contributed by atoms with van der Waals surface area (Å²) in [6.45, 7) is -0.0959. The molecule has 7 nitrogen and oxygen atoms in total. The Morgan fingerprint density at radius 3 is 2.44 bits per heavy atom. The molecule has 0 fully saturated rings. The van der Waals surface area contributed by atoms with Crippen LogP contribution in [-0.4, -0.2) is 33.6 Å². The molecule has 0 atom stereocenters. The smallest absolute Gasteiger partial charge is 0.335 e. The van der Waals surface area contributed by atoms with E-state index in [2.05, 4.69) is 10.1 Å². The lowest BCUT2D eigenvalue weighted by molar-refractivity contribution is 0.0696. The third-order valence-corrected chi connectivity index (χ3v) is 3.58. The fraction of sp³-hybridized carbons (Fsp3) is 0.0500. The Morgan fingerprint density at radius 1 is 0.963 bits per heavy atom. The maximum atomic E-state index is 11.1. The molecule has 0 aliphatic carbocycles. The van der Waals surface area contributed by atoms with E-state index in [0.29, 0.717) is 17.2 Å². The molecule has 0 aliphatic rings. The van der Waals surface area contributed by atoms with Crippen LogP contribution in [0, 0.1) is 0 Å². The maximum Gasteiger partial charge on any atom is 0.335 e. The summed E-state index contributed by atoms with van der Waals surface area (Å²) in [6, 6.07) is 19.0. The molecule has 1 heterocycles. The van der Waals surface area contributed by atoms with Gasteiger partial charge in [0, 0.05) is 12.3 Å². The van der Waals surface area contributed by atoms with Crippen LogP contribution >= 0.6 is 0 Å². The zero-order valence-corrected chi connectivity index (χ0v) is 14.1. The zero-order valence-electron chi connectivity index (χ0n) is 14.1. The lowest BCUT2D eigenvalue weighted by atomic mass is 10.2. The Balaban J connectivity index is 1.69. The number of benzene rings is 2. The molecule has 7 heteroatoms. The number of nitrogens with zero attached hydrogens (tertiary/aromatic N) is 2. The van der Waals surface area contributed by atoms with Gasteiger partial charge in [-0.3, -0.25) is 4.98 Å². The number of aromatic nitrogens is 1. The topological polar surface area (TPSA) is 101 Å². The minimum Gasteiger partial charge on any atom is -0.487 e. The number of carboxylic acids is 1. The van der Waals surface area contributed by atoms with E-state index in [4.69, 9.17) is 14.6 Å². The highest BCUT2D eigenvalue weighted by Crippen LogP contribution is 2.25. The fourth-order valence-corrected chi connectivity index (χ4v) is 2.28. The predicted octanol–water partition coefficient (Wildman–Crippen LogP) is 3.83.